The number of hydrogen-bond acceptors (Lipinski definition) is 5. The van der Waals surface area contributed by atoms with Gasteiger partial charge in [0, 0.05) is 12.0 Å². The molecule has 2 amide bonds. The van der Waals surface area contributed by atoms with Gasteiger partial charge in [0.15, 0.2) is 0 Å². The number of carboxylic acids is 1. The number of aliphatic carboxylic acids is 1. The Morgan fingerprint density at radius 1 is 0.926 bits per heavy atom. The predicted octanol–water partition coefficient (Wildman–Crippen LogP) is 3.46. The summed E-state index contributed by atoms with van der Waals surface area (Å²) in [5.41, 5.74) is -2.00. The lowest BCUT2D eigenvalue weighted by Crippen LogP contribution is -2.41. The minimum Gasteiger partial charge on any atom is -0.478 e. The molecule has 1 unspecified atom stereocenters. The summed E-state index contributed by atoms with van der Waals surface area (Å²) in [6.07, 6.45) is 0.224. The van der Waals surface area contributed by atoms with Crippen LogP contribution < -0.4 is 10.6 Å². The van der Waals surface area contributed by atoms with Gasteiger partial charge in [-0.15, -0.1) is 0 Å². The first kappa shape index (κ1) is 24.8. The van der Waals surface area contributed by atoms with Crippen LogP contribution in [0.2, 0.25) is 0 Å². The predicted molar refractivity (Wildman–Crippen MR) is 103 cm³/mol. The van der Waals surface area contributed by atoms with Crippen LogP contribution in [0.5, 0.6) is 0 Å². The molecule has 0 heterocycles. The van der Waals surface area contributed by atoms with E-state index in [-0.39, 0.29) is 12.1 Å². The van der Waals surface area contributed by atoms with Gasteiger partial charge in [0.05, 0.1) is 11.6 Å². The molecule has 0 spiro atoms. The van der Waals surface area contributed by atoms with Crippen molar-refractivity contribution < 1.29 is 29.0 Å². The average Bonchev–Trinajstić information content (AvgIpc) is 2.38. The zero-order chi connectivity index (χ0) is 21.6. The van der Waals surface area contributed by atoms with Crippen LogP contribution in [0, 0.1) is 5.41 Å². The maximum absolute atomic E-state index is 11.9. The van der Waals surface area contributed by atoms with Crippen molar-refractivity contribution in [1.29, 1.82) is 0 Å². The first-order valence-corrected chi connectivity index (χ1v) is 8.84. The molecule has 0 saturated heterocycles. The third-order valence-corrected chi connectivity index (χ3v) is 3.08. The normalized spacial score (nSPS) is 14.2. The van der Waals surface area contributed by atoms with Gasteiger partial charge in [0.25, 0.3) is 0 Å². The molecule has 8 nitrogen and oxygen atoms in total. The fraction of sp³-hybridized carbons (Fsp3) is 0.737. The van der Waals surface area contributed by atoms with Crippen LogP contribution in [0.15, 0.2) is 11.6 Å². The molecule has 0 aliphatic rings. The summed E-state index contributed by atoms with van der Waals surface area (Å²) < 4.78 is 10.3. The number of nitrogens with one attached hydrogen (secondary N) is 2. The molecule has 0 aromatic rings. The van der Waals surface area contributed by atoms with Gasteiger partial charge in [-0.1, -0.05) is 19.9 Å². The molecule has 0 saturated carbocycles. The Hall–Kier alpha value is -2.25. The van der Waals surface area contributed by atoms with E-state index in [1.54, 1.807) is 62.3 Å². The second-order valence-electron chi connectivity index (χ2n) is 9.12. The number of carbonyl (C=O) groups excluding carboxylic acids is 2. The molecule has 8 heteroatoms. The van der Waals surface area contributed by atoms with Crippen molar-refractivity contribution in [3.05, 3.63) is 11.6 Å². The molecule has 156 valence electrons. The Bertz CT molecular complexity index is 582. The van der Waals surface area contributed by atoms with Crippen molar-refractivity contribution in [2.45, 2.75) is 79.6 Å². The van der Waals surface area contributed by atoms with E-state index in [0.29, 0.717) is 0 Å². The van der Waals surface area contributed by atoms with Crippen LogP contribution in [-0.2, 0) is 14.3 Å². The topological polar surface area (TPSA) is 114 Å². The Balaban J connectivity index is 5.10. The second kappa shape index (κ2) is 9.10. The fourth-order valence-corrected chi connectivity index (χ4v) is 2.02. The van der Waals surface area contributed by atoms with Gasteiger partial charge >= 0.3 is 18.2 Å². The first-order chi connectivity index (χ1) is 11.9. The number of alkyl carbamates (subject to hydrolysis) is 2. The zero-order valence-corrected chi connectivity index (χ0v) is 17.9. The van der Waals surface area contributed by atoms with Gasteiger partial charge in [-0.05, 0) is 48.5 Å². The Morgan fingerprint density at radius 2 is 1.37 bits per heavy atom. The molecule has 1 atom stereocenters. The maximum Gasteiger partial charge on any atom is 0.408 e. The summed E-state index contributed by atoms with van der Waals surface area (Å²) in [7, 11) is 0. The van der Waals surface area contributed by atoms with Crippen LogP contribution in [0.4, 0.5) is 9.59 Å². The van der Waals surface area contributed by atoms with E-state index >= 15 is 0 Å². The molecule has 0 bridgehead atoms. The SMILES string of the molecule is CC(NC(=O)OC(C)(C)C)/C(=C/C(C)(C)CNC(=O)OC(C)(C)C)C(=O)O. The van der Waals surface area contributed by atoms with Gasteiger partial charge in [0.2, 0.25) is 0 Å². The molecule has 0 aliphatic carbocycles. The van der Waals surface area contributed by atoms with Crippen molar-refractivity contribution in [3.63, 3.8) is 0 Å². The smallest absolute Gasteiger partial charge is 0.408 e. The van der Waals surface area contributed by atoms with E-state index in [9.17, 15) is 19.5 Å². The average molecular weight is 386 g/mol. The van der Waals surface area contributed by atoms with Crippen LogP contribution in [0.3, 0.4) is 0 Å². The van der Waals surface area contributed by atoms with E-state index < -0.39 is 40.8 Å². The molecule has 27 heavy (non-hydrogen) atoms. The van der Waals surface area contributed by atoms with Gasteiger partial charge in [-0.3, -0.25) is 0 Å². The standard InChI is InChI=1S/C19H34N2O6/c1-12(21-16(25)27-18(5,6)7)13(14(22)23)10-19(8,9)11-20-15(24)26-17(2,3)4/h10,12H,11H2,1-9H3,(H,20,24)(H,21,25)(H,22,23)/b13-10-. The van der Waals surface area contributed by atoms with Gasteiger partial charge in [0.1, 0.15) is 11.2 Å². The number of hydrogen-bond donors (Lipinski definition) is 3. The number of amides is 2. The summed E-state index contributed by atoms with van der Waals surface area (Å²) in [6.45, 7) is 15.7. The first-order valence-electron chi connectivity index (χ1n) is 8.84. The summed E-state index contributed by atoms with van der Waals surface area (Å²) in [5, 5.41) is 14.6. The maximum atomic E-state index is 11.9. The number of rotatable bonds is 6. The highest BCUT2D eigenvalue weighted by Gasteiger charge is 2.26. The van der Waals surface area contributed by atoms with Crippen LogP contribution in [0.1, 0.15) is 62.3 Å². The van der Waals surface area contributed by atoms with Crippen LogP contribution in [-0.4, -0.2) is 47.1 Å². The lowest BCUT2D eigenvalue weighted by atomic mass is 9.89. The summed E-state index contributed by atoms with van der Waals surface area (Å²) in [4.78, 5) is 35.3. The number of ether oxygens (including phenoxy) is 2. The third kappa shape index (κ3) is 11.9. The van der Waals surface area contributed by atoms with Gasteiger partial charge in [-0.2, -0.15) is 0 Å². The summed E-state index contributed by atoms with van der Waals surface area (Å²) in [6, 6.07) is -0.779. The van der Waals surface area contributed by atoms with Crippen molar-refractivity contribution >= 4 is 18.2 Å². The summed E-state index contributed by atoms with van der Waals surface area (Å²) >= 11 is 0. The molecular weight excluding hydrogens is 352 g/mol. The Labute approximate surface area is 161 Å². The van der Waals surface area contributed by atoms with Crippen molar-refractivity contribution in [2.75, 3.05) is 6.54 Å². The van der Waals surface area contributed by atoms with E-state index in [1.807, 2.05) is 0 Å². The quantitative estimate of drug-likeness (QED) is 0.602. The van der Waals surface area contributed by atoms with Gasteiger partial charge in [-0.25, -0.2) is 14.4 Å². The van der Waals surface area contributed by atoms with Crippen molar-refractivity contribution in [1.82, 2.24) is 10.6 Å². The molecule has 3 N–H and O–H groups in total. The van der Waals surface area contributed by atoms with Crippen molar-refractivity contribution in [3.8, 4) is 0 Å². The Morgan fingerprint density at radius 3 is 1.78 bits per heavy atom. The number of carboxylic acid groups (broad SMARTS) is 1. The van der Waals surface area contributed by atoms with Crippen LogP contribution in [0.25, 0.3) is 0 Å². The monoisotopic (exact) mass is 386 g/mol. The molecule has 0 aliphatic heterocycles. The second-order valence-corrected chi connectivity index (χ2v) is 9.12. The van der Waals surface area contributed by atoms with Crippen molar-refractivity contribution in [2.24, 2.45) is 5.41 Å². The highest BCUT2D eigenvalue weighted by molar-refractivity contribution is 5.89. The van der Waals surface area contributed by atoms with E-state index in [1.165, 1.54) is 6.08 Å². The highest BCUT2D eigenvalue weighted by atomic mass is 16.6. The van der Waals surface area contributed by atoms with Crippen LogP contribution >= 0.6 is 0 Å². The van der Waals surface area contributed by atoms with E-state index in [4.69, 9.17) is 9.47 Å². The Kier molecular flexibility index (Phi) is 8.34. The minimum absolute atomic E-state index is 0.00292. The molecule has 0 fully saturated rings. The highest BCUT2D eigenvalue weighted by Crippen LogP contribution is 2.21. The molecule has 0 aromatic carbocycles. The van der Waals surface area contributed by atoms with E-state index in [2.05, 4.69) is 10.6 Å². The zero-order valence-electron chi connectivity index (χ0n) is 17.9. The van der Waals surface area contributed by atoms with Gasteiger partial charge < -0.3 is 25.2 Å². The molecule has 0 radical (unpaired) electrons. The summed E-state index contributed by atoms with van der Waals surface area (Å²) in [5.74, 6) is -1.16. The lowest BCUT2D eigenvalue weighted by molar-refractivity contribution is -0.133. The third-order valence-electron chi connectivity index (χ3n) is 3.08. The molecular formula is C19H34N2O6. The van der Waals surface area contributed by atoms with E-state index in [0.717, 1.165) is 0 Å². The number of carbonyl (C=O) groups is 3. The molecule has 0 rings (SSSR count). The minimum atomic E-state index is -1.16. The lowest BCUT2D eigenvalue weighted by Gasteiger charge is -2.26. The molecule has 0 aromatic heterocycles. The fourth-order valence-electron chi connectivity index (χ4n) is 2.02. The largest absolute Gasteiger partial charge is 0.478 e.